The van der Waals surface area contributed by atoms with Crippen LogP contribution in [0.15, 0.2) is 0 Å². The van der Waals surface area contributed by atoms with Crippen LogP contribution < -0.4 is 10.0 Å². The molecule has 0 saturated carbocycles. The van der Waals surface area contributed by atoms with Crippen molar-refractivity contribution in [1.29, 1.82) is 0 Å². The lowest BCUT2D eigenvalue weighted by atomic mass is 10.5. The largest absolute Gasteiger partial charge is 0.385 e. The fraction of sp³-hybridized carbons (Fsp3) is 1.00. The first-order chi connectivity index (χ1) is 7.62. The molecule has 7 heteroatoms. The summed E-state index contributed by atoms with van der Waals surface area (Å²) in [7, 11) is 0.0327. The zero-order valence-electron chi connectivity index (χ0n) is 9.99. The van der Waals surface area contributed by atoms with Gasteiger partial charge >= 0.3 is 0 Å². The number of hydrogen-bond donors (Lipinski definition) is 2. The first-order valence-electron chi connectivity index (χ1n) is 5.28. The van der Waals surface area contributed by atoms with Gasteiger partial charge in [0.15, 0.2) is 0 Å². The van der Waals surface area contributed by atoms with E-state index < -0.39 is 10.0 Å². The lowest BCUT2D eigenvalue weighted by Gasteiger charge is -2.07. The van der Waals surface area contributed by atoms with Crippen LogP contribution in [0.2, 0.25) is 0 Å². The summed E-state index contributed by atoms with van der Waals surface area (Å²) in [6.45, 7) is 2.82. The Bertz CT molecular complexity index is 244. The molecular formula is C9H22N2O4S. The molecule has 0 aromatic heterocycles. The van der Waals surface area contributed by atoms with Crippen molar-refractivity contribution in [2.75, 3.05) is 52.8 Å². The van der Waals surface area contributed by atoms with Gasteiger partial charge in [-0.3, -0.25) is 0 Å². The number of nitrogens with one attached hydrogen (secondary N) is 2. The molecule has 0 aliphatic rings. The van der Waals surface area contributed by atoms with E-state index in [1.807, 2.05) is 0 Å². The summed E-state index contributed by atoms with van der Waals surface area (Å²) in [5.41, 5.74) is 0. The summed E-state index contributed by atoms with van der Waals surface area (Å²) >= 11 is 0. The average Bonchev–Trinajstić information content (AvgIpc) is 2.23. The predicted octanol–water partition coefficient (Wildman–Crippen LogP) is -0.822. The van der Waals surface area contributed by atoms with Gasteiger partial charge < -0.3 is 14.8 Å². The van der Waals surface area contributed by atoms with E-state index in [-0.39, 0.29) is 5.75 Å². The van der Waals surface area contributed by atoms with E-state index in [1.54, 1.807) is 14.2 Å². The fourth-order valence-corrected chi connectivity index (χ4v) is 2.11. The van der Waals surface area contributed by atoms with Gasteiger partial charge in [-0.2, -0.15) is 0 Å². The molecule has 0 spiro atoms. The summed E-state index contributed by atoms with van der Waals surface area (Å²) < 4.78 is 34.9. The van der Waals surface area contributed by atoms with Crippen molar-refractivity contribution in [3.8, 4) is 0 Å². The van der Waals surface area contributed by atoms with Crippen LogP contribution in [0.1, 0.15) is 6.42 Å². The molecule has 6 nitrogen and oxygen atoms in total. The lowest BCUT2D eigenvalue weighted by Crippen LogP contribution is -2.34. The van der Waals surface area contributed by atoms with Gasteiger partial charge in [0, 0.05) is 40.5 Å². The Balaban J connectivity index is 3.43. The number of rotatable bonds is 11. The van der Waals surface area contributed by atoms with Crippen molar-refractivity contribution in [2.24, 2.45) is 0 Å². The Morgan fingerprint density at radius 2 is 1.69 bits per heavy atom. The van der Waals surface area contributed by atoms with Crippen molar-refractivity contribution in [3.05, 3.63) is 0 Å². The molecule has 98 valence electrons. The summed E-state index contributed by atoms with van der Waals surface area (Å²) in [5.74, 6) is 0.110. The summed E-state index contributed by atoms with van der Waals surface area (Å²) in [4.78, 5) is 0. The molecule has 0 rings (SSSR count). The van der Waals surface area contributed by atoms with E-state index in [4.69, 9.17) is 9.47 Å². The average molecular weight is 254 g/mol. The normalized spacial score (nSPS) is 11.9. The van der Waals surface area contributed by atoms with Gasteiger partial charge in [-0.15, -0.1) is 0 Å². The van der Waals surface area contributed by atoms with Gasteiger partial charge in [-0.1, -0.05) is 0 Å². The highest BCUT2D eigenvalue weighted by molar-refractivity contribution is 7.89. The van der Waals surface area contributed by atoms with Crippen molar-refractivity contribution in [1.82, 2.24) is 10.0 Å². The Morgan fingerprint density at radius 1 is 1.00 bits per heavy atom. The molecule has 0 fully saturated rings. The Hall–Kier alpha value is -0.210. The molecular weight excluding hydrogens is 232 g/mol. The second-order valence-corrected chi connectivity index (χ2v) is 5.23. The minimum atomic E-state index is -3.15. The molecule has 0 aliphatic heterocycles. The minimum absolute atomic E-state index is 0.110. The highest BCUT2D eigenvalue weighted by Crippen LogP contribution is 1.89. The standard InChI is InChI=1S/C9H22N2O4S/c1-14-7-3-9-16(12,13)11-5-4-10-6-8-15-2/h10-11H,3-9H2,1-2H3. The Morgan fingerprint density at radius 3 is 2.31 bits per heavy atom. The van der Waals surface area contributed by atoms with E-state index in [2.05, 4.69) is 10.0 Å². The minimum Gasteiger partial charge on any atom is -0.385 e. The maximum absolute atomic E-state index is 11.4. The van der Waals surface area contributed by atoms with Crippen molar-refractivity contribution in [3.63, 3.8) is 0 Å². The van der Waals surface area contributed by atoms with Crippen LogP contribution in [0, 0.1) is 0 Å². The zero-order chi connectivity index (χ0) is 12.3. The van der Waals surface area contributed by atoms with E-state index in [0.29, 0.717) is 32.7 Å². The quantitative estimate of drug-likeness (QED) is 0.471. The molecule has 0 aromatic rings. The highest BCUT2D eigenvalue weighted by atomic mass is 32.2. The van der Waals surface area contributed by atoms with E-state index >= 15 is 0 Å². The SMILES string of the molecule is COCCCS(=O)(=O)NCCNCCOC. The summed E-state index contributed by atoms with van der Waals surface area (Å²) in [5, 5.41) is 3.05. The van der Waals surface area contributed by atoms with Crippen molar-refractivity contribution in [2.45, 2.75) is 6.42 Å². The van der Waals surface area contributed by atoms with Crippen molar-refractivity contribution < 1.29 is 17.9 Å². The molecule has 0 bridgehead atoms. The molecule has 0 atom stereocenters. The van der Waals surface area contributed by atoms with Gasteiger partial charge in [0.1, 0.15) is 0 Å². The Kier molecular flexibility index (Phi) is 9.85. The number of sulfonamides is 1. The molecule has 0 aromatic carbocycles. The van der Waals surface area contributed by atoms with E-state index in [1.165, 1.54) is 0 Å². The number of ether oxygens (including phenoxy) is 2. The Labute approximate surface area is 97.7 Å². The maximum Gasteiger partial charge on any atom is 0.211 e. The molecule has 0 saturated heterocycles. The van der Waals surface area contributed by atoms with Crippen LogP contribution >= 0.6 is 0 Å². The molecule has 0 amide bonds. The van der Waals surface area contributed by atoms with E-state index in [9.17, 15) is 8.42 Å². The predicted molar refractivity (Wildman–Crippen MR) is 63.0 cm³/mol. The maximum atomic E-state index is 11.4. The second-order valence-electron chi connectivity index (χ2n) is 3.30. The first-order valence-corrected chi connectivity index (χ1v) is 6.93. The van der Waals surface area contributed by atoms with Crippen LogP contribution in [-0.2, 0) is 19.5 Å². The topological polar surface area (TPSA) is 76.7 Å². The van der Waals surface area contributed by atoms with Crippen LogP contribution in [0.4, 0.5) is 0 Å². The van der Waals surface area contributed by atoms with Crippen LogP contribution in [-0.4, -0.2) is 61.2 Å². The third kappa shape index (κ3) is 10.3. The lowest BCUT2D eigenvalue weighted by molar-refractivity contribution is 0.199. The van der Waals surface area contributed by atoms with Crippen LogP contribution in [0.3, 0.4) is 0 Å². The molecule has 2 N–H and O–H groups in total. The van der Waals surface area contributed by atoms with E-state index in [0.717, 1.165) is 6.54 Å². The third-order valence-electron chi connectivity index (χ3n) is 1.87. The van der Waals surface area contributed by atoms with Crippen LogP contribution in [0.5, 0.6) is 0 Å². The van der Waals surface area contributed by atoms with Crippen molar-refractivity contribution >= 4 is 10.0 Å². The number of methoxy groups -OCH3 is 2. The summed E-state index contributed by atoms with van der Waals surface area (Å²) in [6.07, 6.45) is 0.517. The van der Waals surface area contributed by atoms with Gasteiger partial charge in [0.2, 0.25) is 10.0 Å². The first kappa shape index (κ1) is 15.8. The molecule has 0 heterocycles. The fourth-order valence-electron chi connectivity index (χ4n) is 1.06. The molecule has 0 aliphatic carbocycles. The third-order valence-corrected chi connectivity index (χ3v) is 3.34. The summed E-state index contributed by atoms with van der Waals surface area (Å²) in [6, 6.07) is 0. The van der Waals surface area contributed by atoms with Gasteiger partial charge in [-0.25, -0.2) is 13.1 Å². The van der Waals surface area contributed by atoms with Crippen LogP contribution in [0.25, 0.3) is 0 Å². The molecule has 0 unspecified atom stereocenters. The number of hydrogen-bond acceptors (Lipinski definition) is 5. The monoisotopic (exact) mass is 254 g/mol. The second kappa shape index (κ2) is 9.98. The highest BCUT2D eigenvalue weighted by Gasteiger charge is 2.07. The smallest absolute Gasteiger partial charge is 0.211 e. The molecule has 16 heavy (non-hydrogen) atoms. The zero-order valence-corrected chi connectivity index (χ0v) is 10.8. The molecule has 0 radical (unpaired) electrons. The van der Waals surface area contributed by atoms with Gasteiger partial charge in [-0.05, 0) is 6.42 Å². The van der Waals surface area contributed by atoms with Gasteiger partial charge in [0.05, 0.1) is 12.4 Å². The van der Waals surface area contributed by atoms with Gasteiger partial charge in [0.25, 0.3) is 0 Å².